The number of fused-ring (bicyclic) bond motifs is 2. The first-order valence-electron chi connectivity index (χ1n) is 9.67. The summed E-state index contributed by atoms with van der Waals surface area (Å²) in [7, 11) is 0. The van der Waals surface area contributed by atoms with Crippen LogP contribution >= 0.6 is 0 Å². The highest BCUT2D eigenvalue weighted by atomic mass is 16.5. The average Bonchev–Trinajstić information content (AvgIpc) is 3.43. The molecule has 0 spiro atoms. The molecular formula is C24H19N3O3. The maximum absolute atomic E-state index is 12.7. The summed E-state index contributed by atoms with van der Waals surface area (Å²) in [6, 6.07) is 22.9. The molecule has 148 valence electrons. The normalized spacial score (nSPS) is 12.2. The van der Waals surface area contributed by atoms with Gasteiger partial charge in [0.25, 0.3) is 5.91 Å². The van der Waals surface area contributed by atoms with Crippen molar-refractivity contribution in [3.8, 4) is 17.3 Å². The number of hydrogen-bond donors (Lipinski definition) is 2. The molecule has 5 aromatic rings. The van der Waals surface area contributed by atoms with Crippen LogP contribution in [-0.2, 0) is 4.79 Å². The van der Waals surface area contributed by atoms with E-state index in [9.17, 15) is 4.79 Å². The lowest BCUT2D eigenvalue weighted by molar-refractivity contribution is -0.122. The number of H-pyrrole nitrogens is 1. The highest BCUT2D eigenvalue weighted by Crippen LogP contribution is 2.27. The van der Waals surface area contributed by atoms with E-state index in [0.717, 1.165) is 16.5 Å². The molecule has 0 aliphatic heterocycles. The highest BCUT2D eigenvalue weighted by molar-refractivity contribution is 5.96. The number of aromatic nitrogens is 2. The van der Waals surface area contributed by atoms with E-state index in [-0.39, 0.29) is 5.91 Å². The molecule has 0 radical (unpaired) electrons. The van der Waals surface area contributed by atoms with E-state index in [0.29, 0.717) is 28.4 Å². The number of ether oxygens (including phenoxy) is 1. The number of rotatable bonds is 5. The van der Waals surface area contributed by atoms with Crippen molar-refractivity contribution in [1.29, 1.82) is 0 Å². The number of aromatic amines is 1. The molecule has 6 nitrogen and oxygen atoms in total. The maximum atomic E-state index is 12.7. The van der Waals surface area contributed by atoms with Gasteiger partial charge in [0.05, 0.1) is 0 Å². The largest absolute Gasteiger partial charge is 0.480 e. The van der Waals surface area contributed by atoms with Gasteiger partial charge in [0.2, 0.25) is 5.89 Å². The summed E-state index contributed by atoms with van der Waals surface area (Å²) in [6.45, 7) is 1.73. The second-order valence-corrected chi connectivity index (χ2v) is 7.01. The molecule has 2 aromatic heterocycles. The van der Waals surface area contributed by atoms with Crippen LogP contribution in [0.5, 0.6) is 5.75 Å². The van der Waals surface area contributed by atoms with E-state index in [4.69, 9.17) is 9.15 Å². The van der Waals surface area contributed by atoms with Gasteiger partial charge in [-0.15, -0.1) is 0 Å². The van der Waals surface area contributed by atoms with Gasteiger partial charge in [0.15, 0.2) is 11.7 Å². The van der Waals surface area contributed by atoms with Gasteiger partial charge >= 0.3 is 0 Å². The van der Waals surface area contributed by atoms with Crippen molar-refractivity contribution in [3.63, 3.8) is 0 Å². The van der Waals surface area contributed by atoms with Crippen LogP contribution in [0.4, 0.5) is 5.69 Å². The van der Waals surface area contributed by atoms with Crippen LogP contribution < -0.4 is 10.1 Å². The Morgan fingerprint density at radius 1 is 1.07 bits per heavy atom. The lowest BCUT2D eigenvalue weighted by atomic mass is 10.1. The smallest absolute Gasteiger partial charge is 0.265 e. The van der Waals surface area contributed by atoms with Gasteiger partial charge in [-0.25, -0.2) is 4.98 Å². The molecule has 30 heavy (non-hydrogen) atoms. The van der Waals surface area contributed by atoms with E-state index >= 15 is 0 Å². The second-order valence-electron chi connectivity index (χ2n) is 7.01. The quantitative estimate of drug-likeness (QED) is 0.417. The van der Waals surface area contributed by atoms with Crippen LogP contribution in [0.15, 0.2) is 83.4 Å². The minimum absolute atomic E-state index is 0.240. The molecule has 3 aromatic carbocycles. The van der Waals surface area contributed by atoms with Crippen molar-refractivity contribution in [2.75, 3.05) is 5.32 Å². The van der Waals surface area contributed by atoms with Crippen molar-refractivity contribution < 1.29 is 13.9 Å². The van der Waals surface area contributed by atoms with E-state index in [1.807, 2.05) is 60.8 Å². The standard InChI is InChI=1S/C24H19N3O3/c1-15(29-21-10-4-7-16-6-2-3-8-18(16)21)23(28)26-17-11-12-22-20(14-17)27-24(30-22)19-9-5-13-25-19/h2-15,25H,1H3,(H,26,28). The van der Waals surface area contributed by atoms with Crippen LogP contribution in [-0.4, -0.2) is 22.0 Å². The summed E-state index contributed by atoms with van der Waals surface area (Å²) in [5.74, 6) is 0.944. The molecular weight excluding hydrogens is 378 g/mol. The van der Waals surface area contributed by atoms with E-state index in [2.05, 4.69) is 15.3 Å². The van der Waals surface area contributed by atoms with Crippen LogP contribution in [0.25, 0.3) is 33.5 Å². The third-order valence-corrected chi connectivity index (χ3v) is 4.91. The van der Waals surface area contributed by atoms with Crippen LogP contribution in [0, 0.1) is 0 Å². The number of nitrogens with zero attached hydrogens (tertiary/aromatic N) is 1. The maximum Gasteiger partial charge on any atom is 0.265 e. The van der Waals surface area contributed by atoms with E-state index < -0.39 is 6.10 Å². The van der Waals surface area contributed by atoms with E-state index in [1.54, 1.807) is 25.1 Å². The molecule has 0 aliphatic carbocycles. The molecule has 0 bridgehead atoms. The Balaban J connectivity index is 1.33. The summed E-state index contributed by atoms with van der Waals surface area (Å²) in [5.41, 5.74) is 2.75. The Labute approximate surface area is 172 Å². The average molecular weight is 397 g/mol. The third kappa shape index (κ3) is 3.39. The minimum Gasteiger partial charge on any atom is -0.480 e. The Bertz CT molecular complexity index is 1330. The summed E-state index contributed by atoms with van der Waals surface area (Å²) in [5, 5.41) is 4.93. The lowest BCUT2D eigenvalue weighted by Crippen LogP contribution is -2.30. The zero-order chi connectivity index (χ0) is 20.5. The van der Waals surface area contributed by atoms with Crippen molar-refractivity contribution in [2.24, 2.45) is 0 Å². The molecule has 5 rings (SSSR count). The molecule has 6 heteroatoms. The van der Waals surface area contributed by atoms with Gasteiger partial charge in [0.1, 0.15) is 17.0 Å². The molecule has 0 aliphatic rings. The second kappa shape index (κ2) is 7.40. The number of benzene rings is 3. The van der Waals surface area contributed by atoms with E-state index in [1.165, 1.54) is 0 Å². The van der Waals surface area contributed by atoms with Gasteiger partial charge in [-0.1, -0.05) is 36.4 Å². The predicted octanol–water partition coefficient (Wildman–Crippen LogP) is 5.38. The fraction of sp³-hybridized carbons (Fsp3) is 0.0833. The Morgan fingerprint density at radius 2 is 1.93 bits per heavy atom. The summed E-state index contributed by atoms with van der Waals surface area (Å²) in [6.07, 6.45) is 1.14. The number of carbonyl (C=O) groups excluding carboxylic acids is 1. The fourth-order valence-corrected chi connectivity index (χ4v) is 3.37. The van der Waals surface area contributed by atoms with Gasteiger partial charge in [0, 0.05) is 17.3 Å². The summed E-state index contributed by atoms with van der Waals surface area (Å²) in [4.78, 5) is 20.3. The van der Waals surface area contributed by atoms with Crippen LogP contribution in [0.1, 0.15) is 6.92 Å². The van der Waals surface area contributed by atoms with Crippen molar-refractivity contribution in [3.05, 3.63) is 79.0 Å². The predicted molar refractivity (Wildman–Crippen MR) is 116 cm³/mol. The lowest BCUT2D eigenvalue weighted by Gasteiger charge is -2.16. The van der Waals surface area contributed by atoms with Gasteiger partial charge in [-0.3, -0.25) is 4.79 Å². The van der Waals surface area contributed by atoms with Gasteiger partial charge in [-0.2, -0.15) is 0 Å². The van der Waals surface area contributed by atoms with Crippen LogP contribution in [0.2, 0.25) is 0 Å². The Morgan fingerprint density at radius 3 is 2.80 bits per heavy atom. The fourth-order valence-electron chi connectivity index (χ4n) is 3.37. The monoisotopic (exact) mass is 397 g/mol. The number of amides is 1. The Kier molecular flexibility index (Phi) is 4.44. The molecule has 1 amide bonds. The molecule has 0 saturated carbocycles. The first-order chi connectivity index (χ1) is 14.7. The number of carbonyl (C=O) groups is 1. The topological polar surface area (TPSA) is 80.1 Å². The van der Waals surface area contributed by atoms with Gasteiger partial charge < -0.3 is 19.5 Å². The van der Waals surface area contributed by atoms with Crippen molar-refractivity contribution >= 4 is 33.5 Å². The molecule has 2 heterocycles. The Hall–Kier alpha value is -4.06. The number of anilines is 1. The first-order valence-corrected chi connectivity index (χ1v) is 9.67. The molecule has 1 unspecified atom stereocenters. The zero-order valence-electron chi connectivity index (χ0n) is 16.3. The molecule has 2 N–H and O–H groups in total. The minimum atomic E-state index is -0.668. The summed E-state index contributed by atoms with van der Waals surface area (Å²) >= 11 is 0. The third-order valence-electron chi connectivity index (χ3n) is 4.91. The first kappa shape index (κ1) is 18.0. The van der Waals surface area contributed by atoms with Gasteiger partial charge in [-0.05, 0) is 48.7 Å². The SMILES string of the molecule is CC(Oc1cccc2ccccc12)C(=O)Nc1ccc2oc(-c3ccc[nH]3)nc2c1. The van der Waals surface area contributed by atoms with Crippen LogP contribution in [0.3, 0.4) is 0 Å². The van der Waals surface area contributed by atoms with Crippen molar-refractivity contribution in [2.45, 2.75) is 13.0 Å². The molecule has 1 atom stereocenters. The number of hydrogen-bond acceptors (Lipinski definition) is 4. The van der Waals surface area contributed by atoms with Crippen molar-refractivity contribution in [1.82, 2.24) is 9.97 Å². The highest BCUT2D eigenvalue weighted by Gasteiger charge is 2.17. The molecule has 0 fully saturated rings. The number of nitrogens with one attached hydrogen (secondary N) is 2. The summed E-state index contributed by atoms with van der Waals surface area (Å²) < 4.78 is 11.7. The molecule has 0 saturated heterocycles. The zero-order valence-corrected chi connectivity index (χ0v) is 16.3. The number of oxazole rings is 1.